The molecule has 0 unspecified atom stereocenters. The molecule has 0 bridgehead atoms. The molecule has 0 spiro atoms. The number of para-hydroxylation sites is 2. The number of aryl methyl sites for hydroxylation is 1. The lowest BCUT2D eigenvalue weighted by atomic mass is 10.2. The second-order valence-corrected chi connectivity index (χ2v) is 7.23. The first-order valence-corrected chi connectivity index (χ1v) is 9.81. The molecule has 0 aliphatic rings. The zero-order valence-electron chi connectivity index (χ0n) is 14.3. The van der Waals surface area contributed by atoms with E-state index in [1.165, 1.54) is 5.56 Å². The summed E-state index contributed by atoms with van der Waals surface area (Å²) >= 11 is 1.89. The van der Waals surface area contributed by atoms with Crippen molar-refractivity contribution >= 4 is 22.8 Å². The predicted octanol–water partition coefficient (Wildman–Crippen LogP) is 3.84. The van der Waals surface area contributed by atoms with Crippen molar-refractivity contribution in [1.82, 2.24) is 19.3 Å². The Hall–Kier alpha value is -2.73. The van der Waals surface area contributed by atoms with Gasteiger partial charge in [0.05, 0.1) is 16.7 Å². The minimum atomic E-state index is -0.0228. The number of nitrogens with one attached hydrogen (secondary N) is 1. The van der Waals surface area contributed by atoms with Crippen molar-refractivity contribution in [2.45, 2.75) is 18.7 Å². The molecular formula is C20H20N4OS. The summed E-state index contributed by atoms with van der Waals surface area (Å²) in [6.45, 7) is 0.744. The van der Waals surface area contributed by atoms with Crippen LogP contribution in [0.4, 0.5) is 0 Å². The first-order valence-electron chi connectivity index (χ1n) is 8.65. The fourth-order valence-corrected chi connectivity index (χ4v) is 3.92. The van der Waals surface area contributed by atoms with E-state index in [1.54, 1.807) is 6.20 Å². The first kappa shape index (κ1) is 16.7. The van der Waals surface area contributed by atoms with E-state index in [1.807, 2.05) is 57.5 Å². The molecule has 0 aliphatic heterocycles. The summed E-state index contributed by atoms with van der Waals surface area (Å²) in [6, 6.07) is 18.2. The maximum absolute atomic E-state index is 12.0. The lowest BCUT2D eigenvalue weighted by molar-refractivity contribution is 0.679. The molecule has 6 heteroatoms. The lowest BCUT2D eigenvalue weighted by Gasteiger charge is -2.06. The van der Waals surface area contributed by atoms with Gasteiger partial charge in [-0.15, -0.1) is 0 Å². The molecule has 4 rings (SSSR count). The Kier molecular flexibility index (Phi) is 4.93. The van der Waals surface area contributed by atoms with Crippen LogP contribution in [0.1, 0.15) is 12.0 Å². The molecule has 2 heterocycles. The Balaban J connectivity index is 1.27. The van der Waals surface area contributed by atoms with E-state index in [4.69, 9.17) is 0 Å². The smallest absolute Gasteiger partial charge is 0.306 e. The number of hydrogen-bond acceptors (Lipinski definition) is 3. The Morgan fingerprint density at radius 2 is 1.88 bits per heavy atom. The number of fused-ring (bicyclic) bond motifs is 1. The molecule has 0 fully saturated rings. The maximum Gasteiger partial charge on any atom is 0.326 e. The summed E-state index contributed by atoms with van der Waals surface area (Å²) in [7, 11) is 0. The molecule has 5 nitrogen and oxygen atoms in total. The molecule has 2 aromatic heterocycles. The summed E-state index contributed by atoms with van der Waals surface area (Å²) < 4.78 is 3.69. The molecular weight excluding hydrogens is 344 g/mol. The zero-order chi connectivity index (χ0) is 17.8. The van der Waals surface area contributed by atoms with Gasteiger partial charge in [0.2, 0.25) is 0 Å². The normalized spacial score (nSPS) is 11.2. The highest BCUT2D eigenvalue weighted by Gasteiger charge is 2.05. The van der Waals surface area contributed by atoms with Crippen molar-refractivity contribution in [3.8, 4) is 5.69 Å². The Morgan fingerprint density at radius 1 is 1.04 bits per heavy atom. The molecule has 132 valence electrons. The first-order chi connectivity index (χ1) is 12.8. The van der Waals surface area contributed by atoms with Gasteiger partial charge in [-0.3, -0.25) is 4.57 Å². The van der Waals surface area contributed by atoms with Crippen molar-refractivity contribution in [3.63, 3.8) is 0 Å². The van der Waals surface area contributed by atoms with Crippen LogP contribution in [0.5, 0.6) is 0 Å². The van der Waals surface area contributed by atoms with Crippen LogP contribution >= 0.6 is 11.8 Å². The largest absolute Gasteiger partial charge is 0.326 e. The summed E-state index contributed by atoms with van der Waals surface area (Å²) in [4.78, 5) is 15.0. The second kappa shape index (κ2) is 7.66. The van der Waals surface area contributed by atoms with Gasteiger partial charge in [-0.05, 0) is 48.1 Å². The SMILES string of the molecule is O=c1[nH]c2ccccc2n1CCCSCc1ccc(-n2cccn2)cc1. The van der Waals surface area contributed by atoms with Crippen molar-refractivity contribution in [2.75, 3.05) is 5.75 Å². The van der Waals surface area contributed by atoms with Crippen LogP contribution in [0.2, 0.25) is 0 Å². The van der Waals surface area contributed by atoms with E-state index >= 15 is 0 Å². The van der Waals surface area contributed by atoms with Crippen molar-refractivity contribution in [3.05, 3.63) is 83.0 Å². The maximum atomic E-state index is 12.0. The number of H-pyrrole nitrogens is 1. The molecule has 1 N–H and O–H groups in total. The van der Waals surface area contributed by atoms with E-state index in [0.29, 0.717) is 0 Å². The van der Waals surface area contributed by atoms with E-state index < -0.39 is 0 Å². The van der Waals surface area contributed by atoms with Crippen LogP contribution < -0.4 is 5.69 Å². The Labute approximate surface area is 155 Å². The van der Waals surface area contributed by atoms with Gasteiger partial charge in [0, 0.05) is 24.7 Å². The number of aromatic amines is 1. The Morgan fingerprint density at radius 3 is 2.69 bits per heavy atom. The summed E-state index contributed by atoms with van der Waals surface area (Å²) in [5.74, 6) is 2.00. The summed E-state index contributed by atoms with van der Waals surface area (Å²) in [6.07, 6.45) is 4.69. The number of nitrogens with zero attached hydrogens (tertiary/aromatic N) is 3. The average molecular weight is 364 g/mol. The van der Waals surface area contributed by atoms with Gasteiger partial charge in [-0.1, -0.05) is 24.3 Å². The standard InChI is InChI=1S/C20H20N4OS/c25-20-22-18-5-1-2-6-19(18)23(20)12-4-14-26-15-16-7-9-17(10-8-16)24-13-3-11-21-24/h1-3,5-11,13H,4,12,14-15H2,(H,22,25). The van der Waals surface area contributed by atoms with E-state index in [0.717, 1.165) is 41.2 Å². The fraction of sp³-hybridized carbons (Fsp3) is 0.200. The highest BCUT2D eigenvalue weighted by Crippen LogP contribution is 2.16. The quantitative estimate of drug-likeness (QED) is 0.507. The van der Waals surface area contributed by atoms with Crippen LogP contribution in [0.3, 0.4) is 0 Å². The van der Waals surface area contributed by atoms with Gasteiger partial charge in [-0.2, -0.15) is 16.9 Å². The average Bonchev–Trinajstić information content (AvgIpc) is 3.30. The minimum absolute atomic E-state index is 0.0228. The highest BCUT2D eigenvalue weighted by molar-refractivity contribution is 7.98. The van der Waals surface area contributed by atoms with Crippen LogP contribution in [0.15, 0.2) is 71.8 Å². The molecule has 26 heavy (non-hydrogen) atoms. The van der Waals surface area contributed by atoms with Gasteiger partial charge in [0.25, 0.3) is 0 Å². The topological polar surface area (TPSA) is 55.6 Å². The molecule has 4 aromatic rings. The van der Waals surface area contributed by atoms with Crippen LogP contribution in [0, 0.1) is 0 Å². The summed E-state index contributed by atoms with van der Waals surface area (Å²) in [5, 5.41) is 4.24. The molecule has 2 aromatic carbocycles. The third-order valence-corrected chi connectivity index (χ3v) is 5.44. The number of thioether (sulfide) groups is 1. The lowest BCUT2D eigenvalue weighted by Crippen LogP contribution is -2.17. The van der Waals surface area contributed by atoms with Crippen molar-refractivity contribution < 1.29 is 0 Å². The zero-order valence-corrected chi connectivity index (χ0v) is 15.2. The fourth-order valence-electron chi connectivity index (χ4n) is 3.01. The number of imidazole rings is 1. The number of rotatable bonds is 7. The van der Waals surface area contributed by atoms with E-state index in [9.17, 15) is 4.79 Å². The van der Waals surface area contributed by atoms with E-state index in [2.05, 4.69) is 34.3 Å². The van der Waals surface area contributed by atoms with Gasteiger partial charge in [0.1, 0.15) is 0 Å². The molecule has 0 aliphatic carbocycles. The predicted molar refractivity (Wildman–Crippen MR) is 107 cm³/mol. The third kappa shape index (κ3) is 3.60. The monoisotopic (exact) mass is 364 g/mol. The molecule has 0 radical (unpaired) electrons. The van der Waals surface area contributed by atoms with Gasteiger partial charge in [0.15, 0.2) is 0 Å². The molecule has 0 amide bonds. The van der Waals surface area contributed by atoms with Gasteiger partial charge < -0.3 is 4.98 Å². The third-order valence-electron chi connectivity index (χ3n) is 4.33. The minimum Gasteiger partial charge on any atom is -0.306 e. The number of aromatic nitrogens is 4. The number of benzene rings is 2. The number of hydrogen-bond donors (Lipinski definition) is 1. The highest BCUT2D eigenvalue weighted by atomic mass is 32.2. The van der Waals surface area contributed by atoms with Gasteiger partial charge >= 0.3 is 5.69 Å². The van der Waals surface area contributed by atoms with Crippen LogP contribution in [-0.4, -0.2) is 25.1 Å². The van der Waals surface area contributed by atoms with Crippen molar-refractivity contribution in [1.29, 1.82) is 0 Å². The Bertz CT molecular complexity index is 1030. The van der Waals surface area contributed by atoms with E-state index in [-0.39, 0.29) is 5.69 Å². The summed E-state index contributed by atoms with van der Waals surface area (Å²) in [5.41, 5.74) is 4.24. The van der Waals surface area contributed by atoms with Crippen LogP contribution in [-0.2, 0) is 12.3 Å². The van der Waals surface area contributed by atoms with Gasteiger partial charge in [-0.25, -0.2) is 9.48 Å². The molecule has 0 saturated heterocycles. The second-order valence-electron chi connectivity index (χ2n) is 6.12. The van der Waals surface area contributed by atoms with Crippen molar-refractivity contribution in [2.24, 2.45) is 0 Å². The van der Waals surface area contributed by atoms with Crippen LogP contribution in [0.25, 0.3) is 16.7 Å². The molecule has 0 atom stereocenters. The molecule has 0 saturated carbocycles.